The Balaban J connectivity index is 1.38. The number of carbonyl (C=O) groups is 1. The van der Waals surface area contributed by atoms with Gasteiger partial charge < -0.3 is 14.8 Å². The Morgan fingerprint density at radius 1 is 1.40 bits per heavy atom. The molecule has 1 amide bonds. The van der Waals surface area contributed by atoms with Gasteiger partial charge in [-0.2, -0.15) is 4.80 Å². The van der Waals surface area contributed by atoms with Gasteiger partial charge in [-0.05, 0) is 42.7 Å². The average Bonchev–Trinajstić information content (AvgIpc) is 3.08. The zero-order chi connectivity index (χ0) is 17.5. The highest BCUT2D eigenvalue weighted by Gasteiger charge is 2.20. The summed E-state index contributed by atoms with van der Waals surface area (Å²) in [6, 6.07) is 7.80. The summed E-state index contributed by atoms with van der Waals surface area (Å²) < 4.78 is 10.9. The highest BCUT2D eigenvalue weighted by Crippen LogP contribution is 2.22. The summed E-state index contributed by atoms with van der Waals surface area (Å²) in [5.74, 6) is 1.60. The zero-order valence-corrected chi connectivity index (χ0v) is 14.4. The van der Waals surface area contributed by atoms with Crippen LogP contribution in [0.2, 0.25) is 0 Å². The predicted molar refractivity (Wildman–Crippen MR) is 90.3 cm³/mol. The minimum atomic E-state index is -0.163. The van der Waals surface area contributed by atoms with E-state index in [1.807, 2.05) is 31.2 Å². The molecule has 0 aliphatic carbocycles. The standard InChI is InChI=1S/C17H23N5O3/c1-13-3-2-4-15(11-13)25-10-7-18-16(23)12-22-20-17(19-21-22)14-5-8-24-9-6-14/h2-4,11,14H,5-10,12H2,1H3,(H,18,23). The Morgan fingerprint density at radius 2 is 2.24 bits per heavy atom. The Bertz CT molecular complexity index is 697. The molecule has 1 aromatic carbocycles. The molecule has 0 radical (unpaired) electrons. The zero-order valence-electron chi connectivity index (χ0n) is 14.4. The highest BCUT2D eigenvalue weighted by molar-refractivity contribution is 5.75. The molecule has 1 fully saturated rings. The molecule has 3 rings (SSSR count). The third kappa shape index (κ3) is 5.25. The molecule has 2 heterocycles. The van der Waals surface area contributed by atoms with Crippen molar-refractivity contribution in [2.45, 2.75) is 32.2 Å². The number of aromatic nitrogens is 4. The summed E-state index contributed by atoms with van der Waals surface area (Å²) >= 11 is 0. The molecule has 1 N–H and O–H groups in total. The minimum Gasteiger partial charge on any atom is -0.492 e. The van der Waals surface area contributed by atoms with Gasteiger partial charge in [-0.1, -0.05) is 12.1 Å². The van der Waals surface area contributed by atoms with Crippen LogP contribution in [-0.4, -0.2) is 52.5 Å². The van der Waals surface area contributed by atoms with E-state index in [4.69, 9.17) is 9.47 Å². The number of hydrogen-bond acceptors (Lipinski definition) is 6. The van der Waals surface area contributed by atoms with E-state index in [-0.39, 0.29) is 18.4 Å². The molecule has 25 heavy (non-hydrogen) atoms. The van der Waals surface area contributed by atoms with Crippen LogP contribution in [0.4, 0.5) is 0 Å². The van der Waals surface area contributed by atoms with E-state index in [1.54, 1.807) is 0 Å². The van der Waals surface area contributed by atoms with Crippen molar-refractivity contribution in [1.29, 1.82) is 0 Å². The molecule has 0 saturated carbocycles. The van der Waals surface area contributed by atoms with Gasteiger partial charge in [-0.15, -0.1) is 10.2 Å². The van der Waals surface area contributed by atoms with Crippen LogP contribution in [-0.2, 0) is 16.1 Å². The maximum absolute atomic E-state index is 11.9. The number of carbonyl (C=O) groups excluding carboxylic acids is 1. The number of amides is 1. The summed E-state index contributed by atoms with van der Waals surface area (Å²) in [5, 5.41) is 15.1. The number of tetrazole rings is 1. The topological polar surface area (TPSA) is 91.2 Å². The van der Waals surface area contributed by atoms with Gasteiger partial charge in [-0.25, -0.2) is 0 Å². The molecular weight excluding hydrogens is 322 g/mol. The number of rotatable bonds is 7. The largest absolute Gasteiger partial charge is 0.492 e. The highest BCUT2D eigenvalue weighted by atomic mass is 16.5. The van der Waals surface area contributed by atoms with E-state index >= 15 is 0 Å². The Morgan fingerprint density at radius 3 is 3.04 bits per heavy atom. The smallest absolute Gasteiger partial charge is 0.243 e. The Hall–Kier alpha value is -2.48. The molecule has 0 spiro atoms. The monoisotopic (exact) mass is 345 g/mol. The van der Waals surface area contributed by atoms with Crippen molar-refractivity contribution in [1.82, 2.24) is 25.5 Å². The molecular formula is C17H23N5O3. The Labute approximate surface area is 146 Å². The molecule has 1 aliphatic heterocycles. The van der Waals surface area contributed by atoms with Gasteiger partial charge in [0.25, 0.3) is 0 Å². The van der Waals surface area contributed by atoms with Crippen molar-refractivity contribution in [2.75, 3.05) is 26.4 Å². The quantitative estimate of drug-likeness (QED) is 0.755. The first-order valence-corrected chi connectivity index (χ1v) is 8.52. The fraction of sp³-hybridized carbons (Fsp3) is 0.529. The third-order valence-corrected chi connectivity index (χ3v) is 4.02. The second kappa shape index (κ2) is 8.57. The maximum atomic E-state index is 11.9. The van der Waals surface area contributed by atoms with Gasteiger partial charge in [-0.3, -0.25) is 4.79 Å². The van der Waals surface area contributed by atoms with Crippen molar-refractivity contribution in [3.05, 3.63) is 35.7 Å². The first-order chi connectivity index (χ1) is 12.2. The van der Waals surface area contributed by atoms with E-state index < -0.39 is 0 Å². The number of hydrogen-bond donors (Lipinski definition) is 1. The molecule has 0 unspecified atom stereocenters. The molecule has 1 saturated heterocycles. The molecule has 8 heteroatoms. The molecule has 8 nitrogen and oxygen atoms in total. The van der Waals surface area contributed by atoms with Gasteiger partial charge in [0.1, 0.15) is 18.9 Å². The molecule has 1 aliphatic rings. The Kier molecular flexibility index (Phi) is 5.95. The van der Waals surface area contributed by atoms with Gasteiger partial charge in [0.05, 0.1) is 6.54 Å². The lowest BCUT2D eigenvalue weighted by molar-refractivity contribution is -0.122. The SMILES string of the molecule is Cc1cccc(OCCNC(=O)Cn2nnc(C3CCOCC3)n2)c1. The van der Waals surface area contributed by atoms with Crippen LogP contribution in [0.25, 0.3) is 0 Å². The number of aryl methyl sites for hydroxylation is 1. The molecule has 0 bridgehead atoms. The van der Waals surface area contributed by atoms with E-state index in [0.29, 0.717) is 19.0 Å². The lowest BCUT2D eigenvalue weighted by atomic mass is 10.00. The van der Waals surface area contributed by atoms with E-state index in [2.05, 4.69) is 20.7 Å². The van der Waals surface area contributed by atoms with Crippen molar-refractivity contribution >= 4 is 5.91 Å². The molecule has 1 aromatic heterocycles. The number of benzene rings is 1. The number of nitrogens with one attached hydrogen (secondary N) is 1. The van der Waals surface area contributed by atoms with Crippen LogP contribution < -0.4 is 10.1 Å². The fourth-order valence-electron chi connectivity index (χ4n) is 2.69. The number of nitrogens with zero attached hydrogens (tertiary/aromatic N) is 4. The summed E-state index contributed by atoms with van der Waals surface area (Å²) in [7, 11) is 0. The third-order valence-electron chi connectivity index (χ3n) is 4.02. The van der Waals surface area contributed by atoms with Crippen molar-refractivity contribution in [3.63, 3.8) is 0 Å². The van der Waals surface area contributed by atoms with Crippen LogP contribution in [0.3, 0.4) is 0 Å². The summed E-state index contributed by atoms with van der Waals surface area (Å²) in [4.78, 5) is 13.3. The predicted octanol–water partition coefficient (Wildman–Crippen LogP) is 1.07. The van der Waals surface area contributed by atoms with Crippen LogP contribution in [0.15, 0.2) is 24.3 Å². The van der Waals surface area contributed by atoms with Gasteiger partial charge in [0.15, 0.2) is 5.82 Å². The van der Waals surface area contributed by atoms with Crippen molar-refractivity contribution in [3.8, 4) is 5.75 Å². The first kappa shape index (κ1) is 17.3. The fourth-order valence-corrected chi connectivity index (χ4v) is 2.69. The van der Waals surface area contributed by atoms with E-state index in [0.717, 1.165) is 37.4 Å². The van der Waals surface area contributed by atoms with Crippen LogP contribution in [0, 0.1) is 6.92 Å². The van der Waals surface area contributed by atoms with Crippen LogP contribution in [0.1, 0.15) is 30.1 Å². The summed E-state index contributed by atoms with van der Waals surface area (Å²) in [6.45, 7) is 4.35. The van der Waals surface area contributed by atoms with Crippen molar-refractivity contribution in [2.24, 2.45) is 0 Å². The molecule has 134 valence electrons. The van der Waals surface area contributed by atoms with E-state index in [1.165, 1.54) is 4.80 Å². The molecule has 2 aromatic rings. The minimum absolute atomic E-state index is 0.0562. The van der Waals surface area contributed by atoms with Crippen LogP contribution >= 0.6 is 0 Å². The molecule has 0 atom stereocenters. The average molecular weight is 345 g/mol. The van der Waals surface area contributed by atoms with E-state index in [9.17, 15) is 4.79 Å². The van der Waals surface area contributed by atoms with Crippen LogP contribution in [0.5, 0.6) is 5.75 Å². The second-order valence-corrected chi connectivity index (χ2v) is 6.08. The lowest BCUT2D eigenvalue weighted by Gasteiger charge is -2.18. The van der Waals surface area contributed by atoms with Gasteiger partial charge in [0.2, 0.25) is 5.91 Å². The first-order valence-electron chi connectivity index (χ1n) is 8.52. The lowest BCUT2D eigenvalue weighted by Crippen LogP contribution is -2.31. The maximum Gasteiger partial charge on any atom is 0.243 e. The van der Waals surface area contributed by atoms with Gasteiger partial charge >= 0.3 is 0 Å². The van der Waals surface area contributed by atoms with Gasteiger partial charge in [0, 0.05) is 19.1 Å². The van der Waals surface area contributed by atoms with Crippen molar-refractivity contribution < 1.29 is 14.3 Å². The summed E-state index contributed by atoms with van der Waals surface area (Å²) in [5.41, 5.74) is 1.14. The number of ether oxygens (including phenoxy) is 2. The second-order valence-electron chi connectivity index (χ2n) is 6.08. The normalized spacial score (nSPS) is 15.1. The summed E-state index contributed by atoms with van der Waals surface area (Å²) in [6.07, 6.45) is 1.79.